The number of carbonyl (C=O) groups excluding carboxylic acids is 1. The van der Waals surface area contributed by atoms with Crippen LogP contribution >= 0.6 is 15.9 Å². The van der Waals surface area contributed by atoms with Crippen LogP contribution in [0.2, 0.25) is 0 Å². The van der Waals surface area contributed by atoms with Gasteiger partial charge in [0.25, 0.3) is 5.91 Å². The van der Waals surface area contributed by atoms with Crippen molar-refractivity contribution in [1.82, 2.24) is 10.3 Å². The second-order valence-electron chi connectivity index (χ2n) is 11.0. The molecule has 5 nitrogen and oxygen atoms in total. The molecule has 1 heterocycles. The Kier molecular flexibility index (Phi) is 6.29. The summed E-state index contributed by atoms with van der Waals surface area (Å²) in [6.45, 7) is 1.91. The number of hydrogen-bond acceptors (Lipinski definition) is 3. The normalized spacial score (nSPS) is 24.0. The number of hydrogen-bond donors (Lipinski definition) is 2. The Balaban J connectivity index is 1.48. The second kappa shape index (κ2) is 9.56. The van der Waals surface area contributed by atoms with E-state index >= 15 is 4.39 Å². The van der Waals surface area contributed by atoms with Crippen LogP contribution in [0.5, 0.6) is 0 Å². The molecular weight excluding hydrogens is 559 g/mol. The van der Waals surface area contributed by atoms with E-state index in [1.54, 1.807) is 18.2 Å². The van der Waals surface area contributed by atoms with Gasteiger partial charge >= 0.3 is 5.97 Å². The number of carboxylic acids is 1. The zero-order chi connectivity index (χ0) is 27.4. The molecule has 1 aromatic heterocycles. The minimum absolute atomic E-state index is 0.249. The topological polar surface area (TPSA) is 79.3 Å². The average Bonchev–Trinajstić information content (AvgIpc) is 2.94. The van der Waals surface area contributed by atoms with Crippen LogP contribution in [0.15, 0.2) is 77.3 Å². The summed E-state index contributed by atoms with van der Waals surface area (Å²) in [5.74, 6) is -1.90. The van der Waals surface area contributed by atoms with Gasteiger partial charge in [-0.25, -0.2) is 9.37 Å². The zero-order valence-electron chi connectivity index (χ0n) is 21.5. The summed E-state index contributed by atoms with van der Waals surface area (Å²) >= 11 is 3.54. The Hall–Kier alpha value is -3.58. The lowest BCUT2D eigenvalue weighted by Crippen LogP contribution is -2.62. The summed E-state index contributed by atoms with van der Waals surface area (Å²) in [6, 6.07) is 22.0. The molecule has 7 rings (SSSR count). The van der Waals surface area contributed by atoms with Crippen LogP contribution in [0.4, 0.5) is 4.39 Å². The lowest BCUT2D eigenvalue weighted by Gasteiger charge is -2.56. The minimum atomic E-state index is -0.899. The summed E-state index contributed by atoms with van der Waals surface area (Å²) in [5.41, 5.74) is 2.45. The van der Waals surface area contributed by atoms with E-state index < -0.39 is 22.8 Å². The maximum atomic E-state index is 15.1. The monoisotopic (exact) mass is 586 g/mol. The maximum Gasteiger partial charge on any atom is 0.309 e. The van der Waals surface area contributed by atoms with Crippen molar-refractivity contribution in [3.63, 3.8) is 0 Å². The highest BCUT2D eigenvalue weighted by molar-refractivity contribution is 9.10. The quantitative estimate of drug-likeness (QED) is 0.255. The van der Waals surface area contributed by atoms with Crippen LogP contribution in [0, 0.1) is 18.2 Å². The number of benzene rings is 3. The Labute approximate surface area is 234 Å². The molecule has 4 aromatic rings. The summed E-state index contributed by atoms with van der Waals surface area (Å²) in [6.07, 6.45) is 2.14. The molecule has 1 atom stereocenters. The Morgan fingerprint density at radius 1 is 1.00 bits per heavy atom. The van der Waals surface area contributed by atoms with Crippen LogP contribution in [-0.4, -0.2) is 27.5 Å². The minimum Gasteiger partial charge on any atom is -0.481 e. The van der Waals surface area contributed by atoms with E-state index in [4.69, 9.17) is 4.98 Å². The summed E-state index contributed by atoms with van der Waals surface area (Å²) in [5, 5.41) is 14.2. The van der Waals surface area contributed by atoms with Crippen LogP contribution in [0.3, 0.4) is 0 Å². The van der Waals surface area contributed by atoms with E-state index in [1.807, 2.05) is 55.5 Å². The van der Waals surface area contributed by atoms with Gasteiger partial charge < -0.3 is 10.4 Å². The van der Waals surface area contributed by atoms with E-state index in [9.17, 15) is 14.7 Å². The molecule has 2 bridgehead atoms. The van der Waals surface area contributed by atoms with Gasteiger partial charge in [-0.05, 0) is 74.4 Å². The van der Waals surface area contributed by atoms with E-state index in [2.05, 4.69) is 21.2 Å². The van der Waals surface area contributed by atoms with Gasteiger partial charge in [0.2, 0.25) is 0 Å². The van der Waals surface area contributed by atoms with Crippen molar-refractivity contribution in [2.75, 3.05) is 0 Å². The van der Waals surface area contributed by atoms with Gasteiger partial charge in [-0.1, -0.05) is 64.5 Å². The number of nitrogens with one attached hydrogen (secondary N) is 1. The van der Waals surface area contributed by atoms with Crippen LogP contribution in [0.1, 0.15) is 59.5 Å². The molecule has 2 N–H and O–H groups in total. The number of nitrogens with zero attached hydrogens (tertiary/aromatic N) is 1. The molecule has 1 unspecified atom stereocenters. The van der Waals surface area contributed by atoms with Gasteiger partial charge in [0.15, 0.2) is 0 Å². The molecule has 3 fully saturated rings. The lowest BCUT2D eigenvalue weighted by molar-refractivity contribution is -0.157. The first-order chi connectivity index (χ1) is 18.7. The standard InChI is InChI=1S/C32H28BrFN2O3/c1-19-27(23-17-21(33)11-12-26(23)35-28(19)20-7-3-2-4-8-20)29(37)36-32-15-13-31(14-16-32,30(38)39)18-24(32)22-9-5-6-10-25(22)34/h2-12,17,24H,13-16,18H2,1H3,(H,36,37)(H,38,39). The van der Waals surface area contributed by atoms with Gasteiger partial charge in [0.1, 0.15) is 5.82 Å². The number of rotatable bonds is 5. The first kappa shape index (κ1) is 25.7. The summed E-state index contributed by atoms with van der Waals surface area (Å²) in [4.78, 5) is 31.6. The predicted molar refractivity (Wildman–Crippen MR) is 152 cm³/mol. The highest BCUT2D eigenvalue weighted by atomic mass is 79.9. The highest BCUT2D eigenvalue weighted by Crippen LogP contribution is 2.59. The third kappa shape index (κ3) is 4.24. The van der Waals surface area contributed by atoms with E-state index in [0.717, 1.165) is 26.7 Å². The molecule has 198 valence electrons. The van der Waals surface area contributed by atoms with Crippen molar-refractivity contribution in [3.05, 3.63) is 99.8 Å². The zero-order valence-corrected chi connectivity index (χ0v) is 23.1. The fraction of sp³-hybridized carbons (Fsp3) is 0.281. The van der Waals surface area contributed by atoms with Crippen molar-refractivity contribution in [2.24, 2.45) is 5.41 Å². The van der Waals surface area contributed by atoms with Gasteiger partial charge in [-0.3, -0.25) is 9.59 Å². The van der Waals surface area contributed by atoms with Crippen LogP contribution < -0.4 is 5.32 Å². The molecule has 0 aliphatic heterocycles. The molecular formula is C32H28BrFN2O3. The van der Waals surface area contributed by atoms with Gasteiger partial charge in [0.05, 0.1) is 22.2 Å². The highest BCUT2D eigenvalue weighted by Gasteiger charge is 2.59. The van der Waals surface area contributed by atoms with Crippen LogP contribution in [0.25, 0.3) is 22.2 Å². The predicted octanol–water partition coefficient (Wildman–Crippen LogP) is 7.41. The molecule has 39 heavy (non-hydrogen) atoms. The van der Waals surface area contributed by atoms with Gasteiger partial charge in [-0.15, -0.1) is 0 Å². The van der Waals surface area contributed by atoms with Crippen molar-refractivity contribution in [2.45, 2.75) is 50.5 Å². The molecule has 1 amide bonds. The SMILES string of the molecule is Cc1c(-c2ccccc2)nc2ccc(Br)cc2c1C(=O)NC12CCC(C(=O)O)(CC1)CC2c1ccccc1F. The number of halogens is 2. The Bertz CT molecular complexity index is 1610. The molecule has 3 saturated carbocycles. The van der Waals surface area contributed by atoms with Crippen LogP contribution in [-0.2, 0) is 4.79 Å². The first-order valence-corrected chi connectivity index (χ1v) is 14.0. The molecule has 7 heteroatoms. The molecule has 0 saturated heterocycles. The summed E-state index contributed by atoms with van der Waals surface area (Å²) in [7, 11) is 0. The number of fused-ring (bicyclic) bond motifs is 4. The molecule has 3 aliphatic rings. The number of aliphatic carboxylic acids is 1. The van der Waals surface area contributed by atoms with Crippen molar-refractivity contribution in [3.8, 4) is 11.3 Å². The second-order valence-corrected chi connectivity index (χ2v) is 11.9. The summed E-state index contributed by atoms with van der Waals surface area (Å²) < 4.78 is 16.0. The van der Waals surface area contributed by atoms with E-state index in [0.29, 0.717) is 48.7 Å². The molecule has 0 radical (unpaired) electrons. The fourth-order valence-electron chi connectivity index (χ4n) is 6.78. The van der Waals surface area contributed by atoms with E-state index in [-0.39, 0.29) is 11.7 Å². The largest absolute Gasteiger partial charge is 0.481 e. The molecule has 3 aromatic carbocycles. The number of amides is 1. The van der Waals surface area contributed by atoms with Gasteiger partial charge in [0, 0.05) is 26.9 Å². The van der Waals surface area contributed by atoms with Gasteiger partial charge in [-0.2, -0.15) is 0 Å². The molecule has 3 aliphatic carbocycles. The molecule has 0 spiro atoms. The number of carboxylic acid groups (broad SMARTS) is 1. The van der Waals surface area contributed by atoms with Crippen molar-refractivity contribution < 1.29 is 19.1 Å². The fourth-order valence-corrected chi connectivity index (χ4v) is 7.14. The lowest BCUT2D eigenvalue weighted by atomic mass is 9.51. The third-order valence-corrected chi connectivity index (χ3v) is 9.42. The average molecular weight is 587 g/mol. The maximum absolute atomic E-state index is 15.1. The van der Waals surface area contributed by atoms with Crippen molar-refractivity contribution in [1.29, 1.82) is 0 Å². The first-order valence-electron chi connectivity index (χ1n) is 13.2. The Morgan fingerprint density at radius 2 is 1.69 bits per heavy atom. The van der Waals surface area contributed by atoms with Crippen molar-refractivity contribution >= 4 is 38.7 Å². The Morgan fingerprint density at radius 3 is 2.38 bits per heavy atom. The smallest absolute Gasteiger partial charge is 0.309 e. The third-order valence-electron chi connectivity index (χ3n) is 8.92. The van der Waals surface area contributed by atoms with E-state index in [1.165, 1.54) is 6.07 Å². The number of pyridine rings is 1. The number of carbonyl (C=O) groups is 2. The number of aromatic nitrogens is 1.